The van der Waals surface area contributed by atoms with Crippen LogP contribution in [0.5, 0.6) is 0 Å². The molecule has 3 heteroatoms. The molecule has 1 aliphatic rings. The van der Waals surface area contributed by atoms with Gasteiger partial charge in [-0.1, -0.05) is 18.2 Å². The standard InChI is InChI=1S/C15H18N2O/c1-18-15-8-4-7-14(15)17-13-9-10-16-12-6-3-2-5-11(12)13/h2-3,5-6,9-10,14-15H,4,7-8H2,1H3,(H,16,17). The summed E-state index contributed by atoms with van der Waals surface area (Å²) in [5, 5.41) is 4.80. The molecule has 0 aliphatic heterocycles. The highest BCUT2D eigenvalue weighted by atomic mass is 16.5. The Morgan fingerprint density at radius 2 is 2.11 bits per heavy atom. The minimum atomic E-state index is 0.330. The second-order valence-corrected chi connectivity index (χ2v) is 4.83. The van der Waals surface area contributed by atoms with Crippen LogP contribution >= 0.6 is 0 Å². The van der Waals surface area contributed by atoms with Gasteiger partial charge in [-0.15, -0.1) is 0 Å². The molecule has 2 atom stereocenters. The van der Waals surface area contributed by atoms with Crippen LogP contribution in [-0.4, -0.2) is 24.2 Å². The molecule has 1 aromatic carbocycles. The maximum absolute atomic E-state index is 5.53. The number of ether oxygens (including phenoxy) is 1. The summed E-state index contributed by atoms with van der Waals surface area (Å²) >= 11 is 0. The summed E-state index contributed by atoms with van der Waals surface area (Å²) in [5.41, 5.74) is 2.20. The van der Waals surface area contributed by atoms with Gasteiger partial charge in [0.1, 0.15) is 0 Å². The number of anilines is 1. The predicted molar refractivity (Wildman–Crippen MR) is 73.8 cm³/mol. The van der Waals surface area contributed by atoms with Gasteiger partial charge in [-0.25, -0.2) is 0 Å². The minimum absolute atomic E-state index is 0.330. The van der Waals surface area contributed by atoms with Crippen molar-refractivity contribution in [1.29, 1.82) is 0 Å². The van der Waals surface area contributed by atoms with Gasteiger partial charge in [0.05, 0.1) is 17.7 Å². The van der Waals surface area contributed by atoms with E-state index in [0.717, 1.165) is 17.6 Å². The van der Waals surface area contributed by atoms with Crippen molar-refractivity contribution in [1.82, 2.24) is 4.98 Å². The van der Waals surface area contributed by atoms with Crippen molar-refractivity contribution in [2.45, 2.75) is 31.4 Å². The van der Waals surface area contributed by atoms with Crippen LogP contribution in [0.2, 0.25) is 0 Å². The number of para-hydroxylation sites is 1. The lowest BCUT2D eigenvalue weighted by atomic mass is 10.1. The third-order valence-electron chi connectivity index (χ3n) is 3.75. The van der Waals surface area contributed by atoms with Crippen molar-refractivity contribution in [2.75, 3.05) is 12.4 Å². The highest BCUT2D eigenvalue weighted by molar-refractivity contribution is 5.90. The van der Waals surface area contributed by atoms with Gasteiger partial charge in [0.25, 0.3) is 0 Å². The summed E-state index contributed by atoms with van der Waals surface area (Å²) in [6.45, 7) is 0. The number of methoxy groups -OCH3 is 1. The SMILES string of the molecule is COC1CCCC1Nc1ccnc2ccccc12. The molecule has 0 bridgehead atoms. The van der Waals surface area contributed by atoms with Crippen molar-refractivity contribution in [3.05, 3.63) is 36.5 Å². The van der Waals surface area contributed by atoms with Gasteiger partial charge in [-0.2, -0.15) is 0 Å². The summed E-state index contributed by atoms with van der Waals surface area (Å²) in [6.07, 6.45) is 5.75. The fourth-order valence-electron chi connectivity index (χ4n) is 2.79. The van der Waals surface area contributed by atoms with Crippen LogP contribution < -0.4 is 5.32 Å². The van der Waals surface area contributed by atoms with E-state index in [1.54, 1.807) is 7.11 Å². The molecule has 1 fully saturated rings. The molecule has 18 heavy (non-hydrogen) atoms. The van der Waals surface area contributed by atoms with Gasteiger partial charge >= 0.3 is 0 Å². The Morgan fingerprint density at radius 3 is 3.00 bits per heavy atom. The molecule has 3 nitrogen and oxygen atoms in total. The zero-order chi connectivity index (χ0) is 12.4. The highest BCUT2D eigenvalue weighted by Crippen LogP contribution is 2.28. The summed E-state index contributed by atoms with van der Waals surface area (Å²) < 4.78 is 5.53. The van der Waals surface area contributed by atoms with Gasteiger partial charge in [0, 0.05) is 24.4 Å². The molecule has 1 aliphatic carbocycles. The second kappa shape index (κ2) is 4.94. The van der Waals surface area contributed by atoms with E-state index in [4.69, 9.17) is 4.74 Å². The smallest absolute Gasteiger partial charge is 0.0772 e. The molecular weight excluding hydrogens is 224 g/mol. The normalized spacial score (nSPS) is 23.4. The van der Waals surface area contributed by atoms with E-state index in [0.29, 0.717) is 12.1 Å². The van der Waals surface area contributed by atoms with Crippen molar-refractivity contribution in [2.24, 2.45) is 0 Å². The molecule has 2 aromatic rings. The Bertz CT molecular complexity index is 536. The third-order valence-corrected chi connectivity index (χ3v) is 3.75. The maximum Gasteiger partial charge on any atom is 0.0772 e. The van der Waals surface area contributed by atoms with E-state index < -0.39 is 0 Å². The Kier molecular flexibility index (Phi) is 3.15. The zero-order valence-corrected chi connectivity index (χ0v) is 10.6. The molecule has 0 radical (unpaired) electrons. The topological polar surface area (TPSA) is 34.1 Å². The number of pyridine rings is 1. The van der Waals surface area contributed by atoms with Crippen LogP contribution in [0.4, 0.5) is 5.69 Å². The van der Waals surface area contributed by atoms with Crippen LogP contribution in [-0.2, 0) is 4.74 Å². The summed E-state index contributed by atoms with van der Waals surface area (Å²) in [7, 11) is 1.80. The van der Waals surface area contributed by atoms with Crippen LogP contribution in [0.25, 0.3) is 10.9 Å². The van der Waals surface area contributed by atoms with E-state index in [-0.39, 0.29) is 0 Å². The summed E-state index contributed by atoms with van der Waals surface area (Å²) in [5.74, 6) is 0. The number of rotatable bonds is 3. The van der Waals surface area contributed by atoms with E-state index in [2.05, 4.69) is 22.4 Å². The lowest BCUT2D eigenvalue weighted by Crippen LogP contribution is -2.29. The molecule has 1 N–H and O–H groups in total. The van der Waals surface area contributed by atoms with Crippen LogP contribution in [0.3, 0.4) is 0 Å². The molecule has 0 amide bonds. The number of nitrogens with zero attached hydrogens (tertiary/aromatic N) is 1. The van der Waals surface area contributed by atoms with E-state index in [1.165, 1.54) is 18.2 Å². The maximum atomic E-state index is 5.53. The molecule has 94 valence electrons. The number of aromatic nitrogens is 1. The fraction of sp³-hybridized carbons (Fsp3) is 0.400. The molecule has 3 rings (SSSR count). The molecule has 1 aromatic heterocycles. The number of hydrogen-bond donors (Lipinski definition) is 1. The summed E-state index contributed by atoms with van der Waals surface area (Å²) in [4.78, 5) is 4.38. The number of hydrogen-bond acceptors (Lipinski definition) is 3. The lowest BCUT2D eigenvalue weighted by molar-refractivity contribution is 0.101. The van der Waals surface area contributed by atoms with Gasteiger partial charge in [-0.05, 0) is 31.4 Å². The van der Waals surface area contributed by atoms with Crippen LogP contribution in [0.15, 0.2) is 36.5 Å². The molecule has 1 heterocycles. The molecule has 1 saturated carbocycles. The van der Waals surface area contributed by atoms with Crippen LogP contribution in [0, 0.1) is 0 Å². The Balaban J connectivity index is 1.90. The zero-order valence-electron chi connectivity index (χ0n) is 10.6. The average Bonchev–Trinajstić information content (AvgIpc) is 2.86. The van der Waals surface area contributed by atoms with Gasteiger partial charge in [-0.3, -0.25) is 4.98 Å². The Hall–Kier alpha value is -1.61. The van der Waals surface area contributed by atoms with Crippen molar-refractivity contribution in [3.8, 4) is 0 Å². The second-order valence-electron chi connectivity index (χ2n) is 4.83. The third kappa shape index (κ3) is 2.06. The number of fused-ring (bicyclic) bond motifs is 1. The van der Waals surface area contributed by atoms with Gasteiger partial charge < -0.3 is 10.1 Å². The van der Waals surface area contributed by atoms with E-state index >= 15 is 0 Å². The molecular formula is C15H18N2O. The Labute approximate surface area is 107 Å². The molecule has 0 saturated heterocycles. The lowest BCUT2D eigenvalue weighted by Gasteiger charge is -2.21. The first-order valence-corrected chi connectivity index (χ1v) is 6.51. The van der Waals surface area contributed by atoms with Crippen LogP contribution in [0.1, 0.15) is 19.3 Å². The predicted octanol–water partition coefficient (Wildman–Crippen LogP) is 3.21. The first kappa shape index (κ1) is 11.5. The molecule has 2 unspecified atom stereocenters. The number of nitrogens with one attached hydrogen (secondary N) is 1. The fourth-order valence-corrected chi connectivity index (χ4v) is 2.79. The highest BCUT2D eigenvalue weighted by Gasteiger charge is 2.27. The van der Waals surface area contributed by atoms with Crippen molar-refractivity contribution in [3.63, 3.8) is 0 Å². The first-order valence-electron chi connectivity index (χ1n) is 6.51. The van der Waals surface area contributed by atoms with E-state index in [9.17, 15) is 0 Å². The Morgan fingerprint density at radius 1 is 1.22 bits per heavy atom. The van der Waals surface area contributed by atoms with Gasteiger partial charge in [0.15, 0.2) is 0 Å². The monoisotopic (exact) mass is 242 g/mol. The minimum Gasteiger partial charge on any atom is -0.379 e. The van der Waals surface area contributed by atoms with Gasteiger partial charge in [0.2, 0.25) is 0 Å². The van der Waals surface area contributed by atoms with E-state index in [1.807, 2.05) is 24.4 Å². The number of benzene rings is 1. The first-order chi connectivity index (χ1) is 8.88. The van der Waals surface area contributed by atoms with Crippen molar-refractivity contribution < 1.29 is 4.74 Å². The summed E-state index contributed by atoms with van der Waals surface area (Å²) in [6, 6.07) is 10.7. The van der Waals surface area contributed by atoms with Crippen molar-refractivity contribution >= 4 is 16.6 Å². The molecule has 0 spiro atoms. The quantitative estimate of drug-likeness (QED) is 0.897. The average molecular weight is 242 g/mol. The largest absolute Gasteiger partial charge is 0.379 e.